The average Bonchev–Trinajstić information content (AvgIpc) is 3.13. The van der Waals surface area contributed by atoms with E-state index in [2.05, 4.69) is 6.08 Å². The molecule has 2 heterocycles. The van der Waals surface area contributed by atoms with Gasteiger partial charge in [0.25, 0.3) is 11.8 Å². The number of imide groups is 1. The van der Waals surface area contributed by atoms with E-state index < -0.39 is 24.3 Å². The van der Waals surface area contributed by atoms with Crippen LogP contribution in [-0.4, -0.2) is 43.3 Å². The Morgan fingerprint density at radius 2 is 1.73 bits per heavy atom. The van der Waals surface area contributed by atoms with Crippen LogP contribution < -0.4 is 14.5 Å². The number of hydrogen-bond acceptors (Lipinski definition) is 5. The largest absolute Gasteiger partial charge is 0.489 e. The van der Waals surface area contributed by atoms with E-state index in [-0.39, 0.29) is 22.8 Å². The van der Waals surface area contributed by atoms with Gasteiger partial charge in [0.1, 0.15) is 18.9 Å². The summed E-state index contributed by atoms with van der Waals surface area (Å²) in [7, 11) is 3.51. The van der Waals surface area contributed by atoms with Gasteiger partial charge in [-0.3, -0.25) is 19.3 Å². The predicted molar refractivity (Wildman–Crippen MR) is 144 cm³/mol. The minimum Gasteiger partial charge on any atom is -0.489 e. The highest BCUT2D eigenvalue weighted by atomic mass is 35.5. The molecule has 0 fully saturated rings. The highest BCUT2D eigenvalue weighted by Gasteiger charge is 2.37. The Hall–Kier alpha value is -3.81. The van der Waals surface area contributed by atoms with Gasteiger partial charge in [-0.25, -0.2) is 0 Å². The zero-order chi connectivity index (χ0) is 26.3. The van der Waals surface area contributed by atoms with Crippen molar-refractivity contribution in [1.82, 2.24) is 4.90 Å². The first-order valence-corrected chi connectivity index (χ1v) is 12.4. The summed E-state index contributed by atoms with van der Waals surface area (Å²) in [6.45, 7) is -0.324. The molecule has 0 aromatic heterocycles. The summed E-state index contributed by atoms with van der Waals surface area (Å²) < 4.78 is 6.01. The molecule has 0 bridgehead atoms. The number of carbonyl (C=O) groups excluding carboxylic acids is 3. The van der Waals surface area contributed by atoms with Gasteiger partial charge in [-0.2, -0.15) is 0 Å². The number of fused-ring (bicyclic) bond motifs is 2. The van der Waals surface area contributed by atoms with Crippen molar-refractivity contribution >= 4 is 52.3 Å². The Morgan fingerprint density at radius 1 is 1.03 bits per heavy atom. The van der Waals surface area contributed by atoms with E-state index in [9.17, 15) is 14.4 Å². The number of anilines is 2. The Morgan fingerprint density at radius 3 is 2.43 bits per heavy atom. The van der Waals surface area contributed by atoms with Crippen LogP contribution >= 0.6 is 23.2 Å². The summed E-state index contributed by atoms with van der Waals surface area (Å²) in [6.07, 6.45) is 4.97. The lowest BCUT2D eigenvalue weighted by molar-refractivity contribution is -0.118. The van der Waals surface area contributed by atoms with E-state index in [0.29, 0.717) is 22.0 Å². The van der Waals surface area contributed by atoms with E-state index in [1.54, 1.807) is 36.4 Å². The first-order chi connectivity index (χ1) is 17.8. The van der Waals surface area contributed by atoms with Crippen molar-refractivity contribution in [3.63, 3.8) is 0 Å². The lowest BCUT2D eigenvalue weighted by atomic mass is 10.1. The molecule has 0 spiro atoms. The van der Waals surface area contributed by atoms with Crippen molar-refractivity contribution in [2.45, 2.75) is 13.0 Å². The second kappa shape index (κ2) is 9.92. The van der Waals surface area contributed by atoms with Crippen LogP contribution in [0.25, 0.3) is 0 Å². The zero-order valence-corrected chi connectivity index (χ0v) is 21.7. The third-order valence-corrected chi connectivity index (χ3v) is 7.34. The molecule has 9 heteroatoms. The van der Waals surface area contributed by atoms with Crippen molar-refractivity contribution < 1.29 is 19.1 Å². The molecule has 37 heavy (non-hydrogen) atoms. The van der Waals surface area contributed by atoms with Crippen LogP contribution in [0.15, 0.2) is 66.9 Å². The number of benzene rings is 3. The van der Waals surface area contributed by atoms with Crippen molar-refractivity contribution in [3.05, 3.63) is 99.2 Å². The van der Waals surface area contributed by atoms with E-state index in [1.807, 2.05) is 36.3 Å². The fourth-order valence-corrected chi connectivity index (χ4v) is 5.05. The molecule has 0 N–H and O–H groups in total. The molecule has 0 atom stereocenters. The highest BCUT2D eigenvalue weighted by Crippen LogP contribution is 2.36. The number of amides is 3. The Kier molecular flexibility index (Phi) is 6.67. The fraction of sp³-hybridized carbons (Fsp3) is 0.179. The monoisotopic (exact) mass is 535 g/mol. The van der Waals surface area contributed by atoms with Gasteiger partial charge in [-0.05, 0) is 42.3 Å². The van der Waals surface area contributed by atoms with E-state index in [4.69, 9.17) is 27.9 Å². The highest BCUT2D eigenvalue weighted by molar-refractivity contribution is 6.38. The maximum absolute atomic E-state index is 13.1. The van der Waals surface area contributed by atoms with Crippen LogP contribution in [0.1, 0.15) is 31.8 Å². The van der Waals surface area contributed by atoms with Crippen LogP contribution in [0.2, 0.25) is 10.0 Å². The van der Waals surface area contributed by atoms with Crippen molar-refractivity contribution in [2.24, 2.45) is 0 Å². The van der Waals surface area contributed by atoms with Crippen molar-refractivity contribution in [3.8, 4) is 5.75 Å². The SMILES string of the molecule is CN1C=CCc2ccc(OCc3c(Cl)ccc(N(C)C(=O)CN4C(=O)c5ccccc5C4=O)c3Cl)cc21. The number of rotatable bonds is 6. The molecule has 188 valence electrons. The van der Waals surface area contributed by atoms with Gasteiger partial charge in [0.15, 0.2) is 0 Å². The number of halogens is 2. The Labute approximate surface area is 224 Å². The molecule has 2 aliphatic heterocycles. The van der Waals surface area contributed by atoms with E-state index >= 15 is 0 Å². The smallest absolute Gasteiger partial charge is 0.262 e. The quantitative estimate of drug-likeness (QED) is 0.398. The van der Waals surface area contributed by atoms with Crippen LogP contribution in [0, 0.1) is 0 Å². The topological polar surface area (TPSA) is 70.2 Å². The van der Waals surface area contributed by atoms with Gasteiger partial charge in [0, 0.05) is 42.6 Å². The van der Waals surface area contributed by atoms with Gasteiger partial charge in [-0.1, -0.05) is 47.5 Å². The minimum atomic E-state index is -0.496. The molecule has 3 amide bonds. The van der Waals surface area contributed by atoms with Crippen LogP contribution in [0.5, 0.6) is 5.75 Å². The second-order valence-electron chi connectivity index (χ2n) is 8.83. The maximum Gasteiger partial charge on any atom is 0.262 e. The molecule has 7 nitrogen and oxygen atoms in total. The van der Waals surface area contributed by atoms with Gasteiger partial charge in [0.2, 0.25) is 5.91 Å². The summed E-state index contributed by atoms with van der Waals surface area (Å²) in [6, 6.07) is 15.6. The van der Waals surface area contributed by atoms with Crippen LogP contribution in [-0.2, 0) is 17.8 Å². The molecule has 0 radical (unpaired) electrons. The number of hydrogen-bond donors (Lipinski definition) is 0. The van der Waals surface area contributed by atoms with Gasteiger partial charge >= 0.3 is 0 Å². The summed E-state index contributed by atoms with van der Waals surface area (Å²) in [4.78, 5) is 42.7. The summed E-state index contributed by atoms with van der Waals surface area (Å²) in [5.74, 6) is -0.806. The molecule has 3 aromatic carbocycles. The molecule has 0 aliphatic carbocycles. The molecular weight excluding hydrogens is 513 g/mol. The fourth-order valence-electron chi connectivity index (χ4n) is 4.44. The number of allylic oxidation sites excluding steroid dienone is 1. The first-order valence-electron chi connectivity index (χ1n) is 11.6. The molecule has 0 unspecified atom stereocenters. The number of ether oxygens (including phenoxy) is 1. The number of likely N-dealkylation sites (N-methyl/N-ethyl adjacent to an activating group) is 1. The maximum atomic E-state index is 13.1. The standard InChI is InChI=1S/C28H23Cl2N3O4/c1-31-13-5-6-17-9-10-18(14-24(17)31)37-16-21-22(29)11-12-23(26(21)30)32(2)25(34)15-33-27(35)19-7-3-4-8-20(19)28(33)36/h3-5,7-14H,6,15-16H2,1-2H3. The number of nitrogens with zero attached hydrogens (tertiary/aromatic N) is 3. The van der Waals surface area contributed by atoms with Gasteiger partial charge in [-0.15, -0.1) is 0 Å². The first kappa shape index (κ1) is 24.9. The predicted octanol–water partition coefficient (Wildman–Crippen LogP) is 5.34. The van der Waals surface area contributed by atoms with Crippen molar-refractivity contribution in [2.75, 3.05) is 30.4 Å². The summed E-state index contributed by atoms with van der Waals surface area (Å²) in [5, 5.41) is 0.650. The third kappa shape index (κ3) is 4.56. The Bertz CT molecular complexity index is 1430. The molecule has 0 saturated heterocycles. The molecule has 5 rings (SSSR count). The second-order valence-corrected chi connectivity index (χ2v) is 9.62. The lowest BCUT2D eigenvalue weighted by Gasteiger charge is -2.24. The molecule has 0 saturated carbocycles. The molecule has 3 aromatic rings. The van der Waals surface area contributed by atoms with Gasteiger partial charge < -0.3 is 14.5 Å². The summed E-state index contributed by atoms with van der Waals surface area (Å²) >= 11 is 13.1. The van der Waals surface area contributed by atoms with Crippen LogP contribution in [0.3, 0.4) is 0 Å². The van der Waals surface area contributed by atoms with Crippen molar-refractivity contribution in [1.29, 1.82) is 0 Å². The third-order valence-electron chi connectivity index (χ3n) is 6.56. The number of carbonyl (C=O) groups is 3. The zero-order valence-electron chi connectivity index (χ0n) is 20.2. The average molecular weight is 536 g/mol. The molecular formula is C28H23Cl2N3O4. The van der Waals surface area contributed by atoms with Gasteiger partial charge in [0.05, 0.1) is 21.8 Å². The minimum absolute atomic E-state index is 0.0876. The van der Waals surface area contributed by atoms with E-state index in [1.165, 1.54) is 17.5 Å². The van der Waals surface area contributed by atoms with E-state index in [0.717, 1.165) is 17.0 Å². The van der Waals surface area contributed by atoms with Crippen LogP contribution in [0.4, 0.5) is 11.4 Å². The summed E-state index contributed by atoms with van der Waals surface area (Å²) in [5.41, 5.74) is 3.75. The Balaban J connectivity index is 1.32. The lowest BCUT2D eigenvalue weighted by Crippen LogP contribution is -2.41. The normalized spacial score (nSPS) is 14.1. The molecule has 2 aliphatic rings.